The van der Waals surface area contributed by atoms with Gasteiger partial charge in [-0.3, -0.25) is 14.4 Å². The summed E-state index contributed by atoms with van der Waals surface area (Å²) in [6.07, 6.45) is -1.19. The maximum atomic E-state index is 11.3. The Hall–Kier alpha value is -1.34. The molecule has 0 bridgehead atoms. The minimum absolute atomic E-state index is 0.00424. The van der Waals surface area contributed by atoms with Gasteiger partial charge in [-0.05, 0) is 0 Å². The molecule has 1 heterocycles. The van der Waals surface area contributed by atoms with Gasteiger partial charge in [0.2, 0.25) is 5.91 Å². The van der Waals surface area contributed by atoms with E-state index in [9.17, 15) is 14.4 Å². The van der Waals surface area contributed by atoms with Crippen LogP contribution in [0, 0.1) is 5.92 Å². The molecule has 0 aromatic carbocycles. The van der Waals surface area contributed by atoms with Crippen LogP contribution in [0.2, 0.25) is 0 Å². The van der Waals surface area contributed by atoms with E-state index in [1.54, 1.807) is 6.92 Å². The lowest BCUT2D eigenvalue weighted by Gasteiger charge is -2.43. The number of nitrogens with one attached hydrogen (secondary N) is 1. The predicted octanol–water partition coefficient (Wildman–Crippen LogP) is 0.586. The van der Waals surface area contributed by atoms with Gasteiger partial charge in [-0.15, -0.1) is 0 Å². The standard InChI is InChI=1S/C13H20ClNO6/c1-6-10(5-19-8(3)17)21-13(14)11(15-7(2)16)12(6)20-9(4)18/h6,10-13H,5H2,1-4H3,(H,15,16)/t6-,10?,11?,12-,13+/m0/s1. The monoisotopic (exact) mass is 321 g/mol. The molecule has 0 aromatic rings. The molecule has 1 amide bonds. The van der Waals surface area contributed by atoms with E-state index < -0.39 is 35.8 Å². The van der Waals surface area contributed by atoms with Gasteiger partial charge in [0.05, 0.1) is 6.10 Å². The van der Waals surface area contributed by atoms with Crippen molar-refractivity contribution in [2.24, 2.45) is 5.92 Å². The maximum Gasteiger partial charge on any atom is 0.302 e. The van der Waals surface area contributed by atoms with Crippen molar-refractivity contribution in [3.8, 4) is 0 Å². The molecule has 1 fully saturated rings. The van der Waals surface area contributed by atoms with E-state index in [4.69, 9.17) is 25.8 Å². The fourth-order valence-electron chi connectivity index (χ4n) is 2.21. The summed E-state index contributed by atoms with van der Waals surface area (Å²) in [6.45, 7) is 5.68. The second-order valence-corrected chi connectivity index (χ2v) is 5.42. The van der Waals surface area contributed by atoms with Gasteiger partial charge in [-0.2, -0.15) is 0 Å². The lowest BCUT2D eigenvalue weighted by Crippen LogP contribution is -2.60. The molecule has 120 valence electrons. The second-order valence-electron chi connectivity index (χ2n) is 4.99. The molecule has 8 heteroatoms. The third kappa shape index (κ3) is 5.17. The van der Waals surface area contributed by atoms with Crippen LogP contribution >= 0.6 is 11.6 Å². The molecular formula is C13H20ClNO6. The highest BCUT2D eigenvalue weighted by atomic mass is 35.5. The number of halogens is 1. The zero-order valence-corrected chi connectivity index (χ0v) is 13.2. The molecule has 1 N–H and O–H groups in total. The minimum Gasteiger partial charge on any atom is -0.463 e. The van der Waals surface area contributed by atoms with Crippen molar-refractivity contribution in [2.75, 3.05) is 6.61 Å². The number of hydrogen-bond donors (Lipinski definition) is 1. The normalized spacial score (nSPS) is 32.1. The molecule has 1 rings (SSSR count). The number of hydrogen-bond acceptors (Lipinski definition) is 6. The highest BCUT2D eigenvalue weighted by molar-refractivity contribution is 6.20. The van der Waals surface area contributed by atoms with Crippen LogP contribution in [-0.4, -0.2) is 48.3 Å². The third-order valence-electron chi connectivity index (χ3n) is 3.17. The van der Waals surface area contributed by atoms with Crippen molar-refractivity contribution < 1.29 is 28.6 Å². The van der Waals surface area contributed by atoms with Gasteiger partial charge in [-0.25, -0.2) is 0 Å². The van der Waals surface area contributed by atoms with E-state index in [2.05, 4.69) is 5.32 Å². The van der Waals surface area contributed by atoms with Crippen molar-refractivity contribution in [3.63, 3.8) is 0 Å². The summed E-state index contributed by atoms with van der Waals surface area (Å²) >= 11 is 6.11. The number of alkyl halides is 1. The largest absolute Gasteiger partial charge is 0.463 e. The first-order valence-electron chi connectivity index (χ1n) is 6.59. The Morgan fingerprint density at radius 2 is 1.81 bits per heavy atom. The molecule has 1 aliphatic rings. The number of esters is 2. The van der Waals surface area contributed by atoms with Crippen LogP contribution in [0.3, 0.4) is 0 Å². The van der Waals surface area contributed by atoms with Gasteiger partial charge in [0.25, 0.3) is 0 Å². The molecule has 2 unspecified atom stereocenters. The quantitative estimate of drug-likeness (QED) is 0.602. The highest BCUT2D eigenvalue weighted by Crippen LogP contribution is 2.30. The van der Waals surface area contributed by atoms with E-state index in [1.807, 2.05) is 0 Å². The Labute approximate surface area is 128 Å². The molecule has 0 aliphatic carbocycles. The maximum absolute atomic E-state index is 11.3. The van der Waals surface area contributed by atoms with Crippen LogP contribution < -0.4 is 5.32 Å². The Balaban J connectivity index is 2.87. The number of ether oxygens (including phenoxy) is 3. The summed E-state index contributed by atoms with van der Waals surface area (Å²) < 4.78 is 15.7. The van der Waals surface area contributed by atoms with Gasteiger partial charge < -0.3 is 19.5 Å². The molecule has 0 aromatic heterocycles. The molecule has 1 aliphatic heterocycles. The summed E-state index contributed by atoms with van der Waals surface area (Å²) in [4.78, 5) is 33.4. The summed E-state index contributed by atoms with van der Waals surface area (Å²) in [6, 6.07) is -0.670. The van der Waals surface area contributed by atoms with Gasteiger partial charge in [0, 0.05) is 26.7 Å². The Bertz CT molecular complexity index is 415. The smallest absolute Gasteiger partial charge is 0.302 e. The zero-order valence-electron chi connectivity index (χ0n) is 12.4. The van der Waals surface area contributed by atoms with Crippen molar-refractivity contribution in [1.29, 1.82) is 0 Å². The highest BCUT2D eigenvalue weighted by Gasteiger charge is 2.45. The minimum atomic E-state index is -0.894. The Morgan fingerprint density at radius 3 is 2.29 bits per heavy atom. The topological polar surface area (TPSA) is 90.9 Å². The van der Waals surface area contributed by atoms with Crippen LogP contribution in [-0.2, 0) is 28.6 Å². The van der Waals surface area contributed by atoms with E-state index >= 15 is 0 Å². The Morgan fingerprint density at radius 1 is 1.19 bits per heavy atom. The van der Waals surface area contributed by atoms with Crippen molar-refractivity contribution in [1.82, 2.24) is 5.32 Å². The summed E-state index contributed by atoms with van der Waals surface area (Å²) in [5, 5.41) is 2.62. The number of rotatable bonds is 4. The van der Waals surface area contributed by atoms with E-state index in [1.165, 1.54) is 20.8 Å². The zero-order chi connectivity index (χ0) is 16.2. The summed E-state index contributed by atoms with van der Waals surface area (Å²) in [7, 11) is 0. The first-order chi connectivity index (χ1) is 9.72. The fraction of sp³-hybridized carbons (Fsp3) is 0.769. The van der Waals surface area contributed by atoms with Crippen LogP contribution in [0.1, 0.15) is 27.7 Å². The van der Waals surface area contributed by atoms with E-state index in [0.717, 1.165) is 0 Å². The number of amides is 1. The average Bonchev–Trinajstić information content (AvgIpc) is 2.35. The Kier molecular flexibility index (Phi) is 6.42. The van der Waals surface area contributed by atoms with Gasteiger partial charge in [0.1, 0.15) is 18.8 Å². The number of carbonyl (C=O) groups excluding carboxylic acids is 3. The van der Waals surface area contributed by atoms with Crippen molar-refractivity contribution in [2.45, 2.75) is 51.5 Å². The van der Waals surface area contributed by atoms with Crippen LogP contribution in [0.5, 0.6) is 0 Å². The molecule has 21 heavy (non-hydrogen) atoms. The lowest BCUT2D eigenvalue weighted by molar-refractivity contribution is -0.181. The third-order valence-corrected chi connectivity index (χ3v) is 3.54. The predicted molar refractivity (Wildman–Crippen MR) is 73.5 cm³/mol. The molecule has 7 nitrogen and oxygen atoms in total. The molecule has 0 saturated carbocycles. The van der Waals surface area contributed by atoms with Crippen molar-refractivity contribution in [3.05, 3.63) is 0 Å². The van der Waals surface area contributed by atoms with Crippen molar-refractivity contribution >= 4 is 29.4 Å². The van der Waals surface area contributed by atoms with Gasteiger partial charge in [0.15, 0.2) is 5.56 Å². The second kappa shape index (κ2) is 7.61. The van der Waals surface area contributed by atoms with Crippen LogP contribution in [0.15, 0.2) is 0 Å². The first kappa shape index (κ1) is 17.7. The van der Waals surface area contributed by atoms with Crippen LogP contribution in [0.25, 0.3) is 0 Å². The van der Waals surface area contributed by atoms with Crippen LogP contribution in [0.4, 0.5) is 0 Å². The molecule has 5 atom stereocenters. The molecule has 1 saturated heterocycles. The average molecular weight is 322 g/mol. The summed E-state index contributed by atoms with van der Waals surface area (Å²) in [5.41, 5.74) is -0.894. The fourth-order valence-corrected chi connectivity index (χ4v) is 2.55. The van der Waals surface area contributed by atoms with E-state index in [0.29, 0.717) is 0 Å². The van der Waals surface area contributed by atoms with E-state index in [-0.39, 0.29) is 18.4 Å². The SMILES string of the molecule is CC(=O)NC1[C@H](Cl)OC(COC(C)=O)[C@H](C)[C@@H]1OC(C)=O. The summed E-state index contributed by atoms with van der Waals surface area (Å²) in [5.74, 6) is -1.54. The molecule has 0 spiro atoms. The first-order valence-corrected chi connectivity index (χ1v) is 7.03. The lowest BCUT2D eigenvalue weighted by atomic mass is 9.90. The molecule has 0 radical (unpaired) electrons. The number of carbonyl (C=O) groups is 3. The van der Waals surface area contributed by atoms with Gasteiger partial charge in [-0.1, -0.05) is 18.5 Å². The molecular weight excluding hydrogens is 302 g/mol. The van der Waals surface area contributed by atoms with Gasteiger partial charge >= 0.3 is 11.9 Å².